The third-order valence-corrected chi connectivity index (χ3v) is 4.39. The van der Waals surface area contributed by atoms with Gasteiger partial charge < -0.3 is 19.3 Å². The molecule has 25 heavy (non-hydrogen) atoms. The molecule has 0 atom stereocenters. The zero-order valence-electron chi connectivity index (χ0n) is 14.7. The van der Waals surface area contributed by atoms with Gasteiger partial charge in [0.15, 0.2) is 0 Å². The molecule has 0 radical (unpaired) electrons. The molecule has 0 unspecified atom stereocenters. The first-order valence-electron chi connectivity index (χ1n) is 8.66. The molecule has 0 aliphatic carbocycles. The molecule has 2 saturated heterocycles. The van der Waals surface area contributed by atoms with Gasteiger partial charge in [0, 0.05) is 31.9 Å². The fourth-order valence-electron chi connectivity index (χ4n) is 3.08. The third-order valence-electron chi connectivity index (χ3n) is 4.39. The van der Waals surface area contributed by atoms with Gasteiger partial charge >= 0.3 is 0 Å². The Morgan fingerprint density at radius 1 is 0.760 bits per heavy atom. The summed E-state index contributed by atoms with van der Waals surface area (Å²) in [6.07, 6.45) is 0. The average molecular weight is 345 g/mol. The second-order valence-electron chi connectivity index (χ2n) is 6.27. The normalized spacial score (nSPS) is 18.6. The molecule has 0 spiro atoms. The Morgan fingerprint density at radius 3 is 1.68 bits per heavy atom. The molecule has 2 aromatic heterocycles. The first kappa shape index (κ1) is 16.2. The van der Waals surface area contributed by atoms with E-state index in [0.29, 0.717) is 44.3 Å². The van der Waals surface area contributed by atoms with E-state index in [9.17, 15) is 0 Å². The third kappa shape index (κ3) is 3.42. The van der Waals surface area contributed by atoms with Crippen molar-refractivity contribution in [3.8, 4) is 5.95 Å². The van der Waals surface area contributed by atoms with Crippen LogP contribution < -0.4 is 9.80 Å². The second-order valence-corrected chi connectivity index (χ2v) is 6.27. The summed E-state index contributed by atoms with van der Waals surface area (Å²) < 4.78 is 12.7. The molecule has 2 aromatic rings. The van der Waals surface area contributed by atoms with E-state index >= 15 is 0 Å². The van der Waals surface area contributed by atoms with Gasteiger partial charge in [-0.1, -0.05) is 0 Å². The number of hydrogen-bond acceptors (Lipinski definition) is 8. The zero-order valence-corrected chi connectivity index (χ0v) is 14.7. The summed E-state index contributed by atoms with van der Waals surface area (Å²) in [7, 11) is 0. The van der Waals surface area contributed by atoms with Crippen LogP contribution in [-0.4, -0.2) is 77.3 Å². The zero-order chi connectivity index (χ0) is 17.2. The summed E-state index contributed by atoms with van der Waals surface area (Å²) in [5.41, 5.74) is 1.95. The van der Waals surface area contributed by atoms with Crippen molar-refractivity contribution in [1.82, 2.24) is 24.7 Å². The molecular weight excluding hydrogens is 322 g/mol. The molecule has 0 amide bonds. The minimum Gasteiger partial charge on any atom is -0.378 e. The lowest BCUT2D eigenvalue weighted by atomic mass is 10.4. The van der Waals surface area contributed by atoms with Crippen LogP contribution in [0.25, 0.3) is 5.95 Å². The first-order valence-corrected chi connectivity index (χ1v) is 8.66. The highest BCUT2D eigenvalue weighted by molar-refractivity contribution is 5.42. The van der Waals surface area contributed by atoms with Crippen molar-refractivity contribution >= 4 is 11.9 Å². The van der Waals surface area contributed by atoms with E-state index in [1.165, 1.54) is 0 Å². The molecule has 2 aliphatic heterocycles. The fourth-order valence-corrected chi connectivity index (χ4v) is 3.08. The van der Waals surface area contributed by atoms with Gasteiger partial charge in [-0.3, -0.25) is 0 Å². The predicted octanol–water partition coefficient (Wildman–Crippen LogP) is 0.347. The van der Waals surface area contributed by atoms with E-state index in [1.54, 1.807) is 4.68 Å². The molecule has 9 nitrogen and oxygen atoms in total. The van der Waals surface area contributed by atoms with Gasteiger partial charge in [0.05, 0.1) is 32.1 Å². The van der Waals surface area contributed by atoms with Crippen LogP contribution in [0.15, 0.2) is 6.07 Å². The van der Waals surface area contributed by atoms with E-state index in [0.717, 1.165) is 37.6 Å². The summed E-state index contributed by atoms with van der Waals surface area (Å²) in [6, 6.07) is 2.02. The Labute approximate surface area is 146 Å². The lowest BCUT2D eigenvalue weighted by Crippen LogP contribution is -2.40. The predicted molar refractivity (Wildman–Crippen MR) is 92.5 cm³/mol. The van der Waals surface area contributed by atoms with Crippen LogP contribution in [0.3, 0.4) is 0 Å². The van der Waals surface area contributed by atoms with Crippen molar-refractivity contribution in [1.29, 1.82) is 0 Å². The van der Waals surface area contributed by atoms with Gasteiger partial charge in [-0.05, 0) is 19.9 Å². The SMILES string of the molecule is Cc1cc(C)n(-c2nc(N3CCOCC3)nc(N3CCOCC3)n2)n1. The number of aromatic nitrogens is 5. The summed E-state index contributed by atoms with van der Waals surface area (Å²) in [6.45, 7) is 9.85. The van der Waals surface area contributed by atoms with Crippen molar-refractivity contribution in [2.75, 3.05) is 62.4 Å². The molecule has 0 bridgehead atoms. The second kappa shape index (κ2) is 6.93. The van der Waals surface area contributed by atoms with E-state index in [4.69, 9.17) is 14.5 Å². The van der Waals surface area contributed by atoms with Crippen molar-refractivity contribution in [3.05, 3.63) is 17.5 Å². The van der Waals surface area contributed by atoms with E-state index < -0.39 is 0 Å². The Kier molecular flexibility index (Phi) is 4.50. The standard InChI is InChI=1S/C16H23N7O2/c1-12-11-13(2)23(20-12)16-18-14(21-3-7-24-8-4-21)17-15(19-16)22-5-9-25-10-6-22/h11H,3-10H2,1-2H3. The van der Waals surface area contributed by atoms with Crippen molar-refractivity contribution in [3.63, 3.8) is 0 Å². The van der Waals surface area contributed by atoms with Crippen molar-refractivity contribution < 1.29 is 9.47 Å². The Balaban J connectivity index is 1.75. The van der Waals surface area contributed by atoms with Gasteiger partial charge in [-0.15, -0.1) is 0 Å². The summed E-state index contributed by atoms with van der Waals surface area (Å²) in [4.78, 5) is 18.4. The Bertz CT molecular complexity index is 700. The molecule has 0 aromatic carbocycles. The first-order chi connectivity index (χ1) is 12.2. The van der Waals surface area contributed by atoms with Crippen LogP contribution in [0.1, 0.15) is 11.4 Å². The van der Waals surface area contributed by atoms with Crippen LogP contribution in [-0.2, 0) is 9.47 Å². The highest BCUT2D eigenvalue weighted by Crippen LogP contribution is 2.19. The maximum Gasteiger partial charge on any atom is 0.257 e. The number of morpholine rings is 2. The van der Waals surface area contributed by atoms with E-state index in [1.807, 2.05) is 19.9 Å². The molecular formula is C16H23N7O2. The van der Waals surface area contributed by atoms with Gasteiger partial charge in [-0.2, -0.15) is 20.1 Å². The van der Waals surface area contributed by atoms with Crippen LogP contribution >= 0.6 is 0 Å². The Hall–Kier alpha value is -2.26. The van der Waals surface area contributed by atoms with Crippen molar-refractivity contribution in [2.45, 2.75) is 13.8 Å². The van der Waals surface area contributed by atoms with Gasteiger partial charge in [0.1, 0.15) is 0 Å². The molecule has 0 N–H and O–H groups in total. The Morgan fingerprint density at radius 2 is 1.24 bits per heavy atom. The molecule has 0 saturated carbocycles. The number of nitrogens with zero attached hydrogens (tertiary/aromatic N) is 7. The summed E-state index contributed by atoms with van der Waals surface area (Å²) in [5, 5.41) is 4.53. The highest BCUT2D eigenvalue weighted by atomic mass is 16.5. The average Bonchev–Trinajstić information content (AvgIpc) is 3.01. The number of aryl methyl sites for hydroxylation is 2. The summed E-state index contributed by atoms with van der Waals surface area (Å²) >= 11 is 0. The maximum atomic E-state index is 5.45. The lowest BCUT2D eigenvalue weighted by molar-refractivity contribution is 0.121. The van der Waals surface area contributed by atoms with E-state index in [-0.39, 0.29) is 0 Å². The van der Waals surface area contributed by atoms with Crippen LogP contribution in [0, 0.1) is 13.8 Å². The fraction of sp³-hybridized carbons (Fsp3) is 0.625. The van der Waals surface area contributed by atoms with Gasteiger partial charge in [0.2, 0.25) is 11.9 Å². The molecule has 4 heterocycles. The molecule has 134 valence electrons. The molecule has 2 aliphatic rings. The monoisotopic (exact) mass is 345 g/mol. The van der Waals surface area contributed by atoms with Gasteiger partial charge in [0.25, 0.3) is 5.95 Å². The number of rotatable bonds is 3. The number of hydrogen-bond donors (Lipinski definition) is 0. The number of ether oxygens (including phenoxy) is 2. The molecule has 4 rings (SSSR count). The van der Waals surface area contributed by atoms with Crippen molar-refractivity contribution in [2.24, 2.45) is 0 Å². The largest absolute Gasteiger partial charge is 0.378 e. The van der Waals surface area contributed by atoms with Crippen LogP contribution in [0.5, 0.6) is 0 Å². The highest BCUT2D eigenvalue weighted by Gasteiger charge is 2.21. The smallest absolute Gasteiger partial charge is 0.257 e. The van der Waals surface area contributed by atoms with Crippen LogP contribution in [0.2, 0.25) is 0 Å². The van der Waals surface area contributed by atoms with Gasteiger partial charge in [-0.25, -0.2) is 4.68 Å². The lowest BCUT2D eigenvalue weighted by Gasteiger charge is -2.30. The summed E-state index contributed by atoms with van der Waals surface area (Å²) in [5.74, 6) is 1.92. The number of anilines is 2. The molecule has 9 heteroatoms. The van der Waals surface area contributed by atoms with E-state index in [2.05, 4.69) is 24.9 Å². The van der Waals surface area contributed by atoms with Crippen LogP contribution in [0.4, 0.5) is 11.9 Å². The molecule has 2 fully saturated rings. The topological polar surface area (TPSA) is 81.4 Å². The quantitative estimate of drug-likeness (QED) is 0.788. The maximum absolute atomic E-state index is 5.45. The minimum atomic E-state index is 0.559. The minimum absolute atomic E-state index is 0.559.